The summed E-state index contributed by atoms with van der Waals surface area (Å²) >= 11 is 5.80. The Hall–Kier alpha value is -2.60. The standard InChI is InChI=1S/C17H15ClFNO4/c1-10(16(21)20-12-4-3-5-13(9-12)23-2)24-17(22)14-7-6-11(19)8-15(14)18/h3-10H,1-2H3,(H,20,21)/t10-/m0/s1. The van der Waals surface area contributed by atoms with Crippen LogP contribution in [-0.4, -0.2) is 25.1 Å². The minimum absolute atomic E-state index is 0.0147. The van der Waals surface area contributed by atoms with E-state index < -0.39 is 23.8 Å². The summed E-state index contributed by atoms with van der Waals surface area (Å²) in [4.78, 5) is 24.1. The number of benzene rings is 2. The van der Waals surface area contributed by atoms with Gasteiger partial charge in [0.1, 0.15) is 11.6 Å². The van der Waals surface area contributed by atoms with Crippen molar-refractivity contribution in [2.75, 3.05) is 12.4 Å². The molecule has 0 aliphatic carbocycles. The molecule has 5 nitrogen and oxygen atoms in total. The van der Waals surface area contributed by atoms with Gasteiger partial charge in [0.05, 0.1) is 17.7 Å². The van der Waals surface area contributed by atoms with Gasteiger partial charge in [-0.05, 0) is 37.3 Å². The van der Waals surface area contributed by atoms with Gasteiger partial charge in [0.15, 0.2) is 6.10 Å². The van der Waals surface area contributed by atoms with Gasteiger partial charge < -0.3 is 14.8 Å². The maximum absolute atomic E-state index is 13.0. The molecule has 2 aromatic rings. The zero-order valence-corrected chi connectivity index (χ0v) is 13.8. The van der Waals surface area contributed by atoms with Gasteiger partial charge in [-0.2, -0.15) is 0 Å². The molecule has 0 spiro atoms. The molecule has 0 aliphatic rings. The molecule has 0 heterocycles. The zero-order chi connectivity index (χ0) is 17.7. The molecule has 24 heavy (non-hydrogen) atoms. The average molecular weight is 352 g/mol. The smallest absolute Gasteiger partial charge is 0.340 e. The highest BCUT2D eigenvalue weighted by Crippen LogP contribution is 2.20. The Labute approximate surface area is 143 Å². The maximum atomic E-state index is 13.0. The minimum atomic E-state index is -1.06. The first kappa shape index (κ1) is 17.7. The number of nitrogens with one attached hydrogen (secondary N) is 1. The molecule has 0 unspecified atom stereocenters. The third kappa shape index (κ3) is 4.45. The van der Waals surface area contributed by atoms with E-state index in [1.165, 1.54) is 20.1 Å². The Kier molecular flexibility index (Phi) is 5.76. The fourth-order valence-corrected chi connectivity index (χ4v) is 2.12. The van der Waals surface area contributed by atoms with Gasteiger partial charge in [-0.25, -0.2) is 9.18 Å². The molecule has 1 N–H and O–H groups in total. The van der Waals surface area contributed by atoms with Crippen molar-refractivity contribution in [3.63, 3.8) is 0 Å². The van der Waals surface area contributed by atoms with Crippen LogP contribution in [0.1, 0.15) is 17.3 Å². The normalized spacial score (nSPS) is 11.5. The lowest BCUT2D eigenvalue weighted by atomic mass is 10.2. The molecule has 0 fully saturated rings. The van der Waals surface area contributed by atoms with Crippen LogP contribution in [0.3, 0.4) is 0 Å². The molecule has 2 rings (SSSR count). The van der Waals surface area contributed by atoms with E-state index in [-0.39, 0.29) is 10.6 Å². The van der Waals surface area contributed by atoms with Gasteiger partial charge in [-0.1, -0.05) is 17.7 Å². The van der Waals surface area contributed by atoms with Crippen LogP contribution in [-0.2, 0) is 9.53 Å². The van der Waals surface area contributed by atoms with Crippen LogP contribution in [0.5, 0.6) is 5.75 Å². The van der Waals surface area contributed by atoms with E-state index in [9.17, 15) is 14.0 Å². The second kappa shape index (κ2) is 7.79. The fraction of sp³-hybridized carbons (Fsp3) is 0.176. The number of hydrogen-bond donors (Lipinski definition) is 1. The topological polar surface area (TPSA) is 64.6 Å². The molecule has 7 heteroatoms. The molecule has 0 bridgehead atoms. The Morgan fingerprint density at radius 2 is 1.96 bits per heavy atom. The van der Waals surface area contributed by atoms with Crippen LogP contribution in [0.15, 0.2) is 42.5 Å². The zero-order valence-electron chi connectivity index (χ0n) is 13.0. The highest BCUT2D eigenvalue weighted by Gasteiger charge is 2.21. The number of carbonyl (C=O) groups excluding carboxylic acids is 2. The molecule has 126 valence electrons. The third-order valence-electron chi connectivity index (χ3n) is 3.14. The van der Waals surface area contributed by atoms with Crippen LogP contribution in [0.25, 0.3) is 0 Å². The van der Waals surface area contributed by atoms with Gasteiger partial charge in [-0.15, -0.1) is 0 Å². The van der Waals surface area contributed by atoms with Crippen LogP contribution < -0.4 is 10.1 Å². The summed E-state index contributed by atoms with van der Waals surface area (Å²) < 4.78 is 23.1. The number of esters is 1. The minimum Gasteiger partial charge on any atom is -0.497 e. The van der Waals surface area contributed by atoms with Crippen molar-refractivity contribution in [1.82, 2.24) is 0 Å². The Bertz CT molecular complexity index is 766. The summed E-state index contributed by atoms with van der Waals surface area (Å²) in [5, 5.41) is 2.52. The number of methoxy groups -OCH3 is 1. The van der Waals surface area contributed by atoms with Gasteiger partial charge in [-0.3, -0.25) is 4.79 Å². The van der Waals surface area contributed by atoms with Gasteiger partial charge in [0.25, 0.3) is 5.91 Å². The van der Waals surface area contributed by atoms with Crippen LogP contribution >= 0.6 is 11.6 Å². The SMILES string of the molecule is COc1cccc(NC(=O)[C@H](C)OC(=O)c2ccc(F)cc2Cl)c1. The quantitative estimate of drug-likeness (QED) is 0.835. The summed E-state index contributed by atoms with van der Waals surface area (Å²) in [5.41, 5.74) is 0.487. The van der Waals surface area contributed by atoms with E-state index in [2.05, 4.69) is 5.32 Å². The van der Waals surface area contributed by atoms with E-state index in [0.717, 1.165) is 12.1 Å². The summed E-state index contributed by atoms with van der Waals surface area (Å²) in [6.45, 7) is 1.42. The second-order valence-corrected chi connectivity index (χ2v) is 5.30. The summed E-state index contributed by atoms with van der Waals surface area (Å²) in [7, 11) is 1.51. The number of rotatable bonds is 5. The van der Waals surface area contributed by atoms with Crippen molar-refractivity contribution in [3.05, 3.63) is 58.9 Å². The van der Waals surface area contributed by atoms with Crippen molar-refractivity contribution >= 4 is 29.2 Å². The van der Waals surface area contributed by atoms with Crippen molar-refractivity contribution in [3.8, 4) is 5.75 Å². The Morgan fingerprint density at radius 1 is 1.21 bits per heavy atom. The number of amides is 1. The van der Waals surface area contributed by atoms with E-state index in [4.69, 9.17) is 21.1 Å². The van der Waals surface area contributed by atoms with E-state index in [1.54, 1.807) is 24.3 Å². The summed E-state index contributed by atoms with van der Waals surface area (Å²) in [6, 6.07) is 10.0. The van der Waals surface area contributed by atoms with Crippen LogP contribution in [0.4, 0.5) is 10.1 Å². The predicted molar refractivity (Wildman–Crippen MR) is 87.9 cm³/mol. The van der Waals surface area contributed by atoms with Gasteiger partial charge >= 0.3 is 5.97 Å². The molecule has 0 saturated heterocycles. The largest absolute Gasteiger partial charge is 0.497 e. The number of ether oxygens (including phenoxy) is 2. The highest BCUT2D eigenvalue weighted by atomic mass is 35.5. The Morgan fingerprint density at radius 3 is 2.62 bits per heavy atom. The average Bonchev–Trinajstić information content (AvgIpc) is 2.54. The first-order chi connectivity index (χ1) is 11.4. The first-order valence-electron chi connectivity index (χ1n) is 7.01. The lowest BCUT2D eigenvalue weighted by Gasteiger charge is -2.14. The van der Waals surface area contributed by atoms with E-state index in [0.29, 0.717) is 11.4 Å². The van der Waals surface area contributed by atoms with Gasteiger partial charge in [0, 0.05) is 11.8 Å². The third-order valence-corrected chi connectivity index (χ3v) is 3.45. The molecule has 0 aliphatic heterocycles. The van der Waals surface area contributed by atoms with Gasteiger partial charge in [0.2, 0.25) is 0 Å². The Balaban J connectivity index is 2.01. The number of hydrogen-bond acceptors (Lipinski definition) is 4. The molecule has 1 atom stereocenters. The van der Waals surface area contributed by atoms with Crippen molar-refractivity contribution in [2.45, 2.75) is 13.0 Å². The molecule has 0 aromatic heterocycles. The molecule has 2 aromatic carbocycles. The number of carbonyl (C=O) groups is 2. The van der Waals surface area contributed by atoms with E-state index >= 15 is 0 Å². The van der Waals surface area contributed by atoms with Crippen LogP contribution in [0.2, 0.25) is 5.02 Å². The van der Waals surface area contributed by atoms with Crippen molar-refractivity contribution in [1.29, 1.82) is 0 Å². The van der Waals surface area contributed by atoms with Crippen LogP contribution in [0, 0.1) is 5.82 Å². The lowest BCUT2D eigenvalue weighted by molar-refractivity contribution is -0.123. The lowest BCUT2D eigenvalue weighted by Crippen LogP contribution is -2.30. The number of halogens is 2. The molecule has 0 saturated carbocycles. The fourth-order valence-electron chi connectivity index (χ4n) is 1.88. The first-order valence-corrected chi connectivity index (χ1v) is 7.39. The van der Waals surface area contributed by atoms with E-state index in [1.807, 2.05) is 0 Å². The van der Waals surface area contributed by atoms with Crippen molar-refractivity contribution in [2.24, 2.45) is 0 Å². The number of anilines is 1. The predicted octanol–water partition coefficient (Wildman–Crippen LogP) is 3.67. The van der Waals surface area contributed by atoms with Crippen molar-refractivity contribution < 1.29 is 23.5 Å². The monoisotopic (exact) mass is 351 g/mol. The molecular weight excluding hydrogens is 337 g/mol. The maximum Gasteiger partial charge on any atom is 0.340 e. The highest BCUT2D eigenvalue weighted by molar-refractivity contribution is 6.33. The summed E-state index contributed by atoms with van der Waals surface area (Å²) in [5.74, 6) is -1.32. The molecular formula is C17H15ClFNO4. The molecule has 1 amide bonds. The second-order valence-electron chi connectivity index (χ2n) is 4.89. The summed E-state index contributed by atoms with van der Waals surface area (Å²) in [6.07, 6.45) is -1.06. The molecule has 0 radical (unpaired) electrons.